The number of piperidine rings is 1. The van der Waals surface area contributed by atoms with Gasteiger partial charge < -0.3 is 10.0 Å². The first-order valence-corrected chi connectivity index (χ1v) is 7.98. The van der Waals surface area contributed by atoms with Gasteiger partial charge in [0.2, 0.25) is 0 Å². The molecule has 5 heteroatoms. The Hall–Kier alpha value is -1.07. The van der Waals surface area contributed by atoms with Crippen molar-refractivity contribution in [3.63, 3.8) is 0 Å². The molecule has 0 aliphatic carbocycles. The number of carbonyl (C=O) groups is 1. The smallest absolute Gasteiger partial charge is 0.304 e. The minimum Gasteiger partial charge on any atom is -0.481 e. The molecule has 1 aliphatic rings. The Balaban J connectivity index is 1.75. The van der Waals surface area contributed by atoms with Crippen LogP contribution in [0.5, 0.6) is 0 Å². The first-order valence-electron chi connectivity index (χ1n) is 6.93. The molecule has 1 aliphatic heterocycles. The monoisotopic (exact) mass is 297 g/mol. The molecule has 1 N–H and O–H groups in total. The minimum absolute atomic E-state index is 0.198. The van der Waals surface area contributed by atoms with Crippen LogP contribution in [0.3, 0.4) is 0 Å². The summed E-state index contributed by atoms with van der Waals surface area (Å²) < 4.78 is 12.8. The molecule has 0 aromatic heterocycles. The lowest BCUT2D eigenvalue weighted by Gasteiger charge is -2.32. The van der Waals surface area contributed by atoms with Crippen LogP contribution in [0.15, 0.2) is 24.3 Å². The zero-order valence-electron chi connectivity index (χ0n) is 11.4. The van der Waals surface area contributed by atoms with Crippen LogP contribution in [0.2, 0.25) is 0 Å². The highest BCUT2D eigenvalue weighted by molar-refractivity contribution is 7.99. The van der Waals surface area contributed by atoms with Gasteiger partial charge in [-0.3, -0.25) is 4.79 Å². The van der Waals surface area contributed by atoms with Gasteiger partial charge in [0.25, 0.3) is 0 Å². The van der Waals surface area contributed by atoms with E-state index in [1.54, 1.807) is 0 Å². The third-order valence-corrected chi connectivity index (χ3v) is 4.86. The van der Waals surface area contributed by atoms with Crippen LogP contribution in [0.4, 0.5) is 4.39 Å². The van der Waals surface area contributed by atoms with Crippen molar-refractivity contribution in [3.8, 4) is 0 Å². The summed E-state index contributed by atoms with van der Waals surface area (Å²) in [5.74, 6) is -0.0418. The Morgan fingerprint density at radius 3 is 2.85 bits per heavy atom. The van der Waals surface area contributed by atoms with Gasteiger partial charge in [0.15, 0.2) is 0 Å². The molecule has 0 radical (unpaired) electrons. The van der Waals surface area contributed by atoms with E-state index in [2.05, 4.69) is 4.90 Å². The second-order valence-corrected chi connectivity index (χ2v) is 6.43. The van der Waals surface area contributed by atoms with E-state index in [4.69, 9.17) is 5.11 Å². The molecule has 110 valence electrons. The maximum absolute atomic E-state index is 12.8. The van der Waals surface area contributed by atoms with Crippen molar-refractivity contribution < 1.29 is 14.3 Å². The molecule has 1 saturated heterocycles. The molecule has 0 amide bonds. The van der Waals surface area contributed by atoms with E-state index < -0.39 is 5.97 Å². The topological polar surface area (TPSA) is 40.5 Å². The summed E-state index contributed by atoms with van der Waals surface area (Å²) in [7, 11) is 0. The molecule has 1 fully saturated rings. The van der Waals surface area contributed by atoms with Crippen molar-refractivity contribution in [2.75, 3.05) is 19.6 Å². The Morgan fingerprint density at radius 1 is 1.40 bits per heavy atom. The maximum Gasteiger partial charge on any atom is 0.304 e. The largest absolute Gasteiger partial charge is 0.481 e. The van der Waals surface area contributed by atoms with Crippen LogP contribution in [0.1, 0.15) is 24.8 Å². The molecular formula is C15H20FNO2S. The molecule has 0 saturated carbocycles. The molecule has 0 spiro atoms. The van der Waals surface area contributed by atoms with Crippen LogP contribution < -0.4 is 0 Å². The number of aliphatic carboxylic acids is 1. The molecular weight excluding hydrogens is 277 g/mol. The first-order chi connectivity index (χ1) is 9.63. The summed E-state index contributed by atoms with van der Waals surface area (Å²) in [6.45, 7) is 2.60. The predicted octanol–water partition coefficient (Wildman–Crippen LogP) is 3.00. The molecule has 1 unspecified atom stereocenters. The van der Waals surface area contributed by atoms with Gasteiger partial charge in [-0.15, -0.1) is 0 Å². The number of carboxylic acids is 1. The lowest BCUT2D eigenvalue weighted by Crippen LogP contribution is -2.38. The average molecular weight is 297 g/mol. The first kappa shape index (κ1) is 15.3. The van der Waals surface area contributed by atoms with E-state index >= 15 is 0 Å². The molecule has 1 aromatic rings. The van der Waals surface area contributed by atoms with E-state index in [1.165, 1.54) is 18.6 Å². The normalized spacial score (nSPS) is 19.9. The molecule has 20 heavy (non-hydrogen) atoms. The molecule has 1 aromatic carbocycles. The van der Waals surface area contributed by atoms with Crippen molar-refractivity contribution in [3.05, 3.63) is 35.6 Å². The van der Waals surface area contributed by atoms with Gasteiger partial charge in [-0.25, -0.2) is 4.39 Å². The number of nitrogens with zero attached hydrogens (tertiary/aromatic N) is 1. The van der Waals surface area contributed by atoms with Crippen LogP contribution in [0, 0.1) is 5.82 Å². The Bertz CT molecular complexity index is 438. The molecule has 1 atom stereocenters. The van der Waals surface area contributed by atoms with Crippen LogP contribution >= 0.6 is 11.8 Å². The Morgan fingerprint density at radius 2 is 2.15 bits per heavy atom. The van der Waals surface area contributed by atoms with Gasteiger partial charge in [0.1, 0.15) is 5.82 Å². The van der Waals surface area contributed by atoms with Crippen LogP contribution in [-0.2, 0) is 10.5 Å². The second-order valence-electron chi connectivity index (χ2n) is 5.15. The summed E-state index contributed by atoms with van der Waals surface area (Å²) >= 11 is 1.88. The predicted molar refractivity (Wildman–Crippen MR) is 79.4 cm³/mol. The van der Waals surface area contributed by atoms with Gasteiger partial charge in [-0.05, 0) is 37.1 Å². The van der Waals surface area contributed by atoms with Crippen molar-refractivity contribution in [1.82, 2.24) is 4.90 Å². The number of thioether (sulfide) groups is 1. The molecule has 3 nitrogen and oxygen atoms in total. The van der Waals surface area contributed by atoms with E-state index in [0.29, 0.717) is 11.8 Å². The average Bonchev–Trinajstić information content (AvgIpc) is 2.45. The van der Waals surface area contributed by atoms with Crippen LogP contribution in [-0.4, -0.2) is 40.9 Å². The standard InChI is InChI=1S/C15H20FNO2S/c16-13-5-3-12(4-6-13)11-20-14-2-1-8-17(10-14)9-7-15(18)19/h3-6,14H,1-2,7-11H2,(H,18,19). The summed E-state index contributed by atoms with van der Waals surface area (Å²) in [6, 6.07) is 6.65. The highest BCUT2D eigenvalue weighted by Gasteiger charge is 2.20. The van der Waals surface area contributed by atoms with Gasteiger partial charge in [0.05, 0.1) is 6.42 Å². The number of halogens is 1. The number of likely N-dealkylation sites (tertiary alicyclic amines) is 1. The number of hydrogen-bond acceptors (Lipinski definition) is 3. The number of benzene rings is 1. The summed E-state index contributed by atoms with van der Waals surface area (Å²) in [5.41, 5.74) is 1.14. The van der Waals surface area contributed by atoms with Gasteiger partial charge in [-0.2, -0.15) is 11.8 Å². The summed E-state index contributed by atoms with van der Waals surface area (Å²) in [5, 5.41) is 9.27. The van der Waals surface area contributed by atoms with E-state index in [9.17, 15) is 9.18 Å². The lowest BCUT2D eigenvalue weighted by atomic mass is 10.1. The lowest BCUT2D eigenvalue weighted by molar-refractivity contribution is -0.137. The molecule has 2 rings (SSSR count). The summed E-state index contributed by atoms with van der Waals surface area (Å²) in [4.78, 5) is 12.8. The van der Waals surface area contributed by atoms with Gasteiger partial charge >= 0.3 is 5.97 Å². The molecule has 1 heterocycles. The van der Waals surface area contributed by atoms with Gasteiger partial charge in [-0.1, -0.05) is 12.1 Å². The van der Waals surface area contributed by atoms with Crippen molar-refractivity contribution in [2.24, 2.45) is 0 Å². The fourth-order valence-corrected chi connectivity index (χ4v) is 3.67. The van der Waals surface area contributed by atoms with Gasteiger partial charge in [0, 0.05) is 24.1 Å². The van der Waals surface area contributed by atoms with E-state index in [1.807, 2.05) is 23.9 Å². The summed E-state index contributed by atoms with van der Waals surface area (Å²) in [6.07, 6.45) is 2.52. The fraction of sp³-hybridized carbons (Fsp3) is 0.533. The highest BCUT2D eigenvalue weighted by Crippen LogP contribution is 2.25. The zero-order chi connectivity index (χ0) is 14.4. The number of carboxylic acid groups (broad SMARTS) is 1. The minimum atomic E-state index is -0.730. The quantitative estimate of drug-likeness (QED) is 0.876. The number of rotatable bonds is 6. The highest BCUT2D eigenvalue weighted by atomic mass is 32.2. The van der Waals surface area contributed by atoms with E-state index in [0.717, 1.165) is 30.8 Å². The number of hydrogen-bond donors (Lipinski definition) is 1. The second kappa shape index (κ2) is 7.64. The SMILES string of the molecule is O=C(O)CCN1CCCC(SCc2ccc(F)cc2)C1. The third kappa shape index (κ3) is 5.13. The van der Waals surface area contributed by atoms with Crippen molar-refractivity contribution >= 4 is 17.7 Å². The van der Waals surface area contributed by atoms with Crippen LogP contribution in [0.25, 0.3) is 0 Å². The Labute approximate surface area is 123 Å². The van der Waals surface area contributed by atoms with Crippen molar-refractivity contribution in [1.29, 1.82) is 0 Å². The maximum atomic E-state index is 12.8. The zero-order valence-corrected chi connectivity index (χ0v) is 12.2. The van der Waals surface area contributed by atoms with Crippen molar-refractivity contribution in [2.45, 2.75) is 30.3 Å². The van der Waals surface area contributed by atoms with E-state index in [-0.39, 0.29) is 12.2 Å². The fourth-order valence-electron chi connectivity index (χ4n) is 2.40. The Kier molecular flexibility index (Phi) is 5.86. The third-order valence-electron chi connectivity index (χ3n) is 3.50. The molecule has 0 bridgehead atoms.